The molecule has 10 nitrogen and oxygen atoms in total. The molecule has 2 aromatic rings. The monoisotopic (exact) mass is 474 g/mol. The second kappa shape index (κ2) is 10.5. The van der Waals surface area contributed by atoms with E-state index in [4.69, 9.17) is 26.1 Å². The van der Waals surface area contributed by atoms with Crippen LogP contribution in [-0.2, 0) is 19.1 Å². The van der Waals surface area contributed by atoms with E-state index >= 15 is 0 Å². The minimum atomic E-state index is -1.16. The zero-order chi connectivity index (χ0) is 23.4. The van der Waals surface area contributed by atoms with Crippen LogP contribution in [0.4, 0.5) is 11.4 Å². The van der Waals surface area contributed by atoms with Crippen LogP contribution in [0.25, 0.3) is 5.57 Å². The van der Waals surface area contributed by atoms with E-state index in [9.17, 15) is 14.4 Å². The molecule has 33 heavy (non-hydrogen) atoms. The van der Waals surface area contributed by atoms with Crippen molar-refractivity contribution in [3.8, 4) is 0 Å². The number of ether oxygens (including phenoxy) is 1. The summed E-state index contributed by atoms with van der Waals surface area (Å²) in [5, 5.41) is 25.6. The van der Waals surface area contributed by atoms with E-state index < -0.39 is 25.0 Å². The van der Waals surface area contributed by atoms with E-state index in [2.05, 4.69) is 0 Å². The van der Waals surface area contributed by atoms with Crippen molar-refractivity contribution in [3.05, 3.63) is 65.4 Å². The molecular formula is C22H23ClN4O6. The van der Waals surface area contributed by atoms with Gasteiger partial charge in [0.25, 0.3) is 5.91 Å². The first-order chi connectivity index (χ1) is 15.2. The molecule has 2 aromatic carbocycles. The summed E-state index contributed by atoms with van der Waals surface area (Å²) in [7, 11) is 1.47. The summed E-state index contributed by atoms with van der Waals surface area (Å²) in [5.41, 5.74) is 7.97. The Bertz CT molecular complexity index is 1080. The average molecular weight is 475 g/mol. The number of carboxylic acid groups (broad SMARTS) is 2. The number of benzene rings is 2. The van der Waals surface area contributed by atoms with E-state index in [-0.39, 0.29) is 30.7 Å². The van der Waals surface area contributed by atoms with Crippen LogP contribution in [-0.4, -0.2) is 60.6 Å². The molecule has 0 bridgehead atoms. The van der Waals surface area contributed by atoms with Gasteiger partial charge >= 0.3 is 11.9 Å². The minimum Gasteiger partial charge on any atom is -0.498 e. The maximum absolute atomic E-state index is 13.2. The maximum Gasteiger partial charge on any atom is 0.323 e. The minimum absolute atomic E-state index is 0. The molecule has 174 valence electrons. The van der Waals surface area contributed by atoms with Gasteiger partial charge in [-0.1, -0.05) is 12.1 Å². The third-order valence-electron chi connectivity index (χ3n) is 4.95. The van der Waals surface area contributed by atoms with E-state index in [0.29, 0.717) is 33.8 Å². The number of nitrogen functional groups attached to an aromatic ring is 1. The molecule has 11 heteroatoms. The van der Waals surface area contributed by atoms with Gasteiger partial charge in [0.1, 0.15) is 24.7 Å². The molecule has 0 fully saturated rings. The first kappa shape index (κ1) is 25.2. The number of aliphatic carboxylic acids is 2. The van der Waals surface area contributed by atoms with Crippen LogP contribution >= 0.6 is 12.4 Å². The lowest BCUT2D eigenvalue weighted by atomic mass is 10.0. The Balaban J connectivity index is 0.00000385. The zero-order valence-electron chi connectivity index (χ0n) is 17.6. The Morgan fingerprint density at radius 3 is 2.06 bits per heavy atom. The van der Waals surface area contributed by atoms with Crippen LogP contribution in [0.1, 0.15) is 11.1 Å². The van der Waals surface area contributed by atoms with Crippen molar-refractivity contribution in [2.45, 2.75) is 0 Å². The number of carbonyl (C=O) groups is 3. The summed E-state index contributed by atoms with van der Waals surface area (Å²) in [6, 6.07) is 13.1. The molecule has 1 heterocycles. The van der Waals surface area contributed by atoms with Crippen molar-refractivity contribution < 1.29 is 29.3 Å². The van der Waals surface area contributed by atoms with E-state index in [0.717, 1.165) is 0 Å². The van der Waals surface area contributed by atoms with Gasteiger partial charge in [0, 0.05) is 16.9 Å². The molecule has 5 N–H and O–H groups in total. The van der Waals surface area contributed by atoms with Crippen LogP contribution < -0.4 is 15.5 Å². The number of nitrogens with zero attached hydrogens (tertiary/aromatic N) is 2. The summed E-state index contributed by atoms with van der Waals surface area (Å²) < 4.78 is 5.44. The van der Waals surface area contributed by atoms with Gasteiger partial charge in [-0.2, -0.15) is 0 Å². The number of halogens is 1. The Morgan fingerprint density at radius 1 is 1.06 bits per heavy atom. The normalized spacial score (nSPS) is 12.9. The lowest BCUT2D eigenvalue weighted by molar-refractivity contribution is -0.136. The van der Waals surface area contributed by atoms with E-state index in [1.807, 2.05) is 0 Å². The largest absolute Gasteiger partial charge is 0.498 e. The molecule has 0 atom stereocenters. The average Bonchev–Trinajstić information content (AvgIpc) is 3.09. The highest BCUT2D eigenvalue weighted by atomic mass is 35.5. The van der Waals surface area contributed by atoms with Gasteiger partial charge in [0.15, 0.2) is 0 Å². The Morgan fingerprint density at radius 2 is 1.61 bits per heavy atom. The number of carboxylic acids is 2. The number of carbonyl (C=O) groups excluding carboxylic acids is 1. The van der Waals surface area contributed by atoms with Gasteiger partial charge in [-0.15, -0.1) is 12.4 Å². The molecule has 0 aliphatic carbocycles. The van der Waals surface area contributed by atoms with Crippen LogP contribution in [0.3, 0.4) is 0 Å². The van der Waals surface area contributed by atoms with Crippen molar-refractivity contribution in [1.82, 2.24) is 0 Å². The summed E-state index contributed by atoms with van der Waals surface area (Å²) >= 11 is 0. The second-order valence-corrected chi connectivity index (χ2v) is 7.04. The highest BCUT2D eigenvalue weighted by Gasteiger charge is 2.33. The molecular weight excluding hydrogens is 452 g/mol. The fourth-order valence-corrected chi connectivity index (χ4v) is 3.43. The first-order valence-electron chi connectivity index (χ1n) is 9.53. The highest BCUT2D eigenvalue weighted by molar-refractivity contribution is 6.29. The molecule has 0 saturated heterocycles. The van der Waals surface area contributed by atoms with Crippen LogP contribution in [0.5, 0.6) is 0 Å². The first-order valence-corrected chi connectivity index (χ1v) is 9.53. The van der Waals surface area contributed by atoms with Crippen molar-refractivity contribution in [1.29, 1.82) is 5.41 Å². The molecule has 0 saturated carbocycles. The van der Waals surface area contributed by atoms with Crippen molar-refractivity contribution in [2.75, 3.05) is 36.5 Å². The lowest BCUT2D eigenvalue weighted by Crippen LogP contribution is -2.34. The number of methoxy groups -OCH3 is 1. The standard InChI is InChI=1S/C22H22N4O6.ClH/c1-32-17-10-26(16-8-4-14(5-9-16)21(23)24)22(31)20(17)13-2-6-15(7-3-13)25(11-18(27)28)12-19(29)30;/h2-9H,10-12H2,1H3,(H3,23,24)(H,27,28)(H,29,30);1H. The Labute approximate surface area is 195 Å². The third kappa shape index (κ3) is 5.60. The number of hydrogen-bond acceptors (Lipinski definition) is 6. The fraction of sp³-hybridized carbons (Fsp3) is 0.182. The molecule has 0 unspecified atom stereocenters. The molecule has 0 radical (unpaired) electrons. The zero-order valence-corrected chi connectivity index (χ0v) is 18.5. The topological polar surface area (TPSA) is 157 Å². The smallest absolute Gasteiger partial charge is 0.323 e. The van der Waals surface area contributed by atoms with Crippen molar-refractivity contribution in [2.24, 2.45) is 5.73 Å². The molecule has 0 spiro atoms. The number of rotatable bonds is 9. The van der Waals surface area contributed by atoms with Crippen molar-refractivity contribution >= 4 is 53.0 Å². The molecule has 3 rings (SSSR count). The number of amidine groups is 1. The summed E-state index contributed by atoms with van der Waals surface area (Å²) in [5.74, 6) is -2.20. The van der Waals surface area contributed by atoms with Gasteiger partial charge in [0.2, 0.25) is 0 Å². The van der Waals surface area contributed by atoms with Gasteiger partial charge < -0.3 is 30.5 Å². The molecule has 0 aromatic heterocycles. The van der Waals surface area contributed by atoms with Gasteiger partial charge in [0.05, 0.1) is 19.2 Å². The van der Waals surface area contributed by atoms with Gasteiger partial charge in [-0.25, -0.2) is 0 Å². The predicted molar refractivity (Wildman–Crippen MR) is 125 cm³/mol. The maximum atomic E-state index is 13.2. The number of nitrogens with one attached hydrogen (secondary N) is 1. The number of amides is 1. The predicted octanol–water partition coefficient (Wildman–Crippen LogP) is 1.77. The summed E-state index contributed by atoms with van der Waals surface area (Å²) in [4.78, 5) is 38.0. The van der Waals surface area contributed by atoms with Gasteiger partial charge in [-0.3, -0.25) is 19.8 Å². The molecule has 1 aliphatic rings. The van der Waals surface area contributed by atoms with E-state index in [1.54, 1.807) is 48.5 Å². The molecule has 1 aliphatic heterocycles. The number of hydrogen-bond donors (Lipinski definition) is 4. The highest BCUT2D eigenvalue weighted by Crippen LogP contribution is 2.33. The number of anilines is 2. The van der Waals surface area contributed by atoms with Crippen LogP contribution in [0.2, 0.25) is 0 Å². The summed E-state index contributed by atoms with van der Waals surface area (Å²) in [6.07, 6.45) is 0. The van der Waals surface area contributed by atoms with Gasteiger partial charge in [-0.05, 0) is 42.0 Å². The van der Waals surface area contributed by atoms with E-state index in [1.165, 1.54) is 16.9 Å². The summed E-state index contributed by atoms with van der Waals surface area (Å²) in [6.45, 7) is -0.725. The van der Waals surface area contributed by atoms with Crippen molar-refractivity contribution in [3.63, 3.8) is 0 Å². The Hall–Kier alpha value is -4.05. The second-order valence-electron chi connectivity index (χ2n) is 7.04. The lowest BCUT2D eigenvalue weighted by Gasteiger charge is -2.21. The third-order valence-corrected chi connectivity index (χ3v) is 4.95. The SMILES string of the molecule is COC1=C(c2ccc(N(CC(=O)O)CC(=O)O)cc2)C(=O)N(c2ccc(C(=N)N)cc2)C1.Cl. The Kier molecular flexibility index (Phi) is 8.03. The fourth-order valence-electron chi connectivity index (χ4n) is 3.43. The number of nitrogens with two attached hydrogens (primary N) is 1. The molecule has 1 amide bonds. The van der Waals surface area contributed by atoms with Crippen LogP contribution in [0.15, 0.2) is 54.3 Å². The van der Waals surface area contributed by atoms with Crippen LogP contribution in [0, 0.1) is 5.41 Å². The quantitative estimate of drug-likeness (QED) is 0.316.